The van der Waals surface area contributed by atoms with E-state index in [-0.39, 0.29) is 6.61 Å². The van der Waals surface area contributed by atoms with E-state index in [4.69, 9.17) is 21.4 Å². The maximum Gasteiger partial charge on any atom is 0.133 e. The van der Waals surface area contributed by atoms with Gasteiger partial charge in [-0.1, -0.05) is 11.6 Å². The maximum absolute atomic E-state index is 8.77. The van der Waals surface area contributed by atoms with Crippen LogP contribution in [0, 0.1) is 0 Å². The smallest absolute Gasteiger partial charge is 0.133 e. The van der Waals surface area contributed by atoms with Crippen molar-refractivity contribution in [2.75, 3.05) is 13.7 Å². The number of hydrogen-bond donors (Lipinski definition) is 1. The van der Waals surface area contributed by atoms with E-state index in [0.29, 0.717) is 11.4 Å². The molecule has 2 nitrogen and oxygen atoms in total. The van der Waals surface area contributed by atoms with Crippen LogP contribution in [0.4, 0.5) is 0 Å². The summed E-state index contributed by atoms with van der Waals surface area (Å²) < 4.78 is 5.92. The fourth-order valence-electron chi connectivity index (χ4n) is 1.04. The Morgan fingerprint density at radius 2 is 2.23 bits per heavy atom. The van der Waals surface area contributed by atoms with E-state index in [1.165, 1.54) is 0 Å². The molecule has 0 saturated carbocycles. The molecule has 0 aliphatic carbocycles. The van der Waals surface area contributed by atoms with Crippen LogP contribution in [0.1, 0.15) is 5.56 Å². The van der Waals surface area contributed by atoms with E-state index in [9.17, 15) is 0 Å². The molecule has 0 aliphatic rings. The Kier molecular flexibility index (Phi) is 4.03. The van der Waals surface area contributed by atoms with Crippen LogP contribution in [0.25, 0.3) is 0 Å². The van der Waals surface area contributed by atoms with Crippen LogP contribution in [0.2, 0.25) is 5.02 Å². The highest BCUT2D eigenvalue weighted by Gasteiger charge is 2.06. The summed E-state index contributed by atoms with van der Waals surface area (Å²) in [4.78, 5) is 0. The van der Waals surface area contributed by atoms with Crippen molar-refractivity contribution < 1.29 is 9.84 Å². The van der Waals surface area contributed by atoms with Gasteiger partial charge in [0.1, 0.15) is 5.75 Å². The molecule has 0 spiro atoms. The third kappa shape index (κ3) is 2.59. The molecule has 1 N–H and O–H groups in total. The molecule has 0 aliphatic heterocycles. The lowest BCUT2D eigenvalue weighted by molar-refractivity contribution is 0.299. The standard InChI is InChI=1S/C9H10BrClO2/c1-13-9-4-6(2-3-12)8(11)5-7(9)10/h4-5,12H,2-3H2,1H3. The molecular weight excluding hydrogens is 255 g/mol. The van der Waals surface area contributed by atoms with E-state index in [1.807, 2.05) is 6.07 Å². The second-order valence-corrected chi connectivity index (χ2v) is 3.81. The van der Waals surface area contributed by atoms with Crippen LogP contribution in [-0.4, -0.2) is 18.8 Å². The first-order valence-corrected chi connectivity index (χ1v) is 4.99. The number of aliphatic hydroxyl groups excluding tert-OH is 1. The number of rotatable bonds is 3. The van der Waals surface area contributed by atoms with E-state index in [1.54, 1.807) is 13.2 Å². The predicted molar refractivity (Wildman–Crippen MR) is 56.5 cm³/mol. The fraction of sp³-hybridized carbons (Fsp3) is 0.333. The molecule has 72 valence electrons. The van der Waals surface area contributed by atoms with Crippen molar-refractivity contribution in [3.8, 4) is 5.75 Å². The van der Waals surface area contributed by atoms with Crippen LogP contribution < -0.4 is 4.74 Å². The molecule has 0 aromatic heterocycles. The lowest BCUT2D eigenvalue weighted by atomic mass is 10.1. The van der Waals surface area contributed by atoms with Gasteiger partial charge in [-0.05, 0) is 40.0 Å². The average molecular weight is 266 g/mol. The summed E-state index contributed by atoms with van der Waals surface area (Å²) in [5, 5.41) is 9.41. The zero-order valence-corrected chi connectivity index (χ0v) is 9.52. The van der Waals surface area contributed by atoms with Gasteiger partial charge < -0.3 is 9.84 Å². The molecular formula is C9H10BrClO2. The van der Waals surface area contributed by atoms with Crippen molar-refractivity contribution in [2.24, 2.45) is 0 Å². The zero-order valence-electron chi connectivity index (χ0n) is 7.18. The Labute approximate surface area is 90.6 Å². The molecule has 0 radical (unpaired) electrons. The van der Waals surface area contributed by atoms with E-state index in [2.05, 4.69) is 15.9 Å². The first kappa shape index (κ1) is 10.8. The van der Waals surface area contributed by atoms with Gasteiger partial charge in [-0.2, -0.15) is 0 Å². The highest BCUT2D eigenvalue weighted by atomic mass is 79.9. The van der Waals surface area contributed by atoms with Gasteiger partial charge in [0.2, 0.25) is 0 Å². The number of methoxy groups -OCH3 is 1. The van der Waals surface area contributed by atoms with Gasteiger partial charge >= 0.3 is 0 Å². The minimum atomic E-state index is 0.0878. The summed E-state index contributed by atoms with van der Waals surface area (Å²) in [5.74, 6) is 0.729. The van der Waals surface area contributed by atoms with Crippen LogP contribution in [0.3, 0.4) is 0 Å². The molecule has 0 saturated heterocycles. The van der Waals surface area contributed by atoms with E-state index in [0.717, 1.165) is 15.8 Å². The van der Waals surface area contributed by atoms with E-state index >= 15 is 0 Å². The molecule has 1 rings (SSSR count). The van der Waals surface area contributed by atoms with Crippen molar-refractivity contribution in [3.05, 3.63) is 27.2 Å². The van der Waals surface area contributed by atoms with E-state index < -0.39 is 0 Å². The van der Waals surface area contributed by atoms with Gasteiger partial charge in [-0.3, -0.25) is 0 Å². The Balaban J connectivity index is 3.06. The van der Waals surface area contributed by atoms with Crippen molar-refractivity contribution in [1.82, 2.24) is 0 Å². The second-order valence-electron chi connectivity index (χ2n) is 2.55. The summed E-state index contributed by atoms with van der Waals surface area (Å²) in [5.41, 5.74) is 0.893. The van der Waals surface area contributed by atoms with Gasteiger partial charge in [0.15, 0.2) is 0 Å². The molecule has 0 atom stereocenters. The lowest BCUT2D eigenvalue weighted by Gasteiger charge is -2.07. The van der Waals surface area contributed by atoms with Crippen LogP contribution >= 0.6 is 27.5 Å². The molecule has 0 bridgehead atoms. The van der Waals surface area contributed by atoms with Crippen molar-refractivity contribution in [3.63, 3.8) is 0 Å². The SMILES string of the molecule is COc1cc(CCO)c(Cl)cc1Br. The third-order valence-electron chi connectivity index (χ3n) is 1.70. The van der Waals surface area contributed by atoms with Crippen LogP contribution in [0.15, 0.2) is 16.6 Å². The van der Waals surface area contributed by atoms with Gasteiger partial charge in [0.05, 0.1) is 11.6 Å². The predicted octanol–water partition coefficient (Wildman–Crippen LogP) is 2.65. The Hall–Kier alpha value is -0.250. The van der Waals surface area contributed by atoms with Crippen molar-refractivity contribution in [2.45, 2.75) is 6.42 Å². The van der Waals surface area contributed by atoms with Gasteiger partial charge in [0, 0.05) is 11.6 Å². The fourth-order valence-corrected chi connectivity index (χ4v) is 1.93. The Bertz CT molecular complexity index is 302. The van der Waals surface area contributed by atoms with Gasteiger partial charge in [-0.15, -0.1) is 0 Å². The molecule has 4 heteroatoms. The molecule has 0 amide bonds. The first-order chi connectivity index (χ1) is 6.19. The number of hydrogen-bond acceptors (Lipinski definition) is 2. The molecule has 1 aromatic carbocycles. The summed E-state index contributed by atoms with van der Waals surface area (Å²) in [6.45, 7) is 0.0878. The van der Waals surface area contributed by atoms with Crippen molar-refractivity contribution in [1.29, 1.82) is 0 Å². The molecule has 0 heterocycles. The maximum atomic E-state index is 8.77. The second kappa shape index (κ2) is 4.84. The number of benzene rings is 1. The van der Waals surface area contributed by atoms with Gasteiger partial charge in [-0.25, -0.2) is 0 Å². The van der Waals surface area contributed by atoms with Crippen LogP contribution in [0.5, 0.6) is 5.75 Å². The summed E-state index contributed by atoms with van der Waals surface area (Å²) >= 11 is 9.26. The number of halogens is 2. The molecule has 13 heavy (non-hydrogen) atoms. The summed E-state index contributed by atoms with van der Waals surface area (Å²) in [6.07, 6.45) is 0.544. The number of aliphatic hydroxyl groups is 1. The monoisotopic (exact) mass is 264 g/mol. The topological polar surface area (TPSA) is 29.5 Å². The quantitative estimate of drug-likeness (QED) is 0.910. The van der Waals surface area contributed by atoms with Gasteiger partial charge in [0.25, 0.3) is 0 Å². The lowest BCUT2D eigenvalue weighted by Crippen LogP contribution is -1.94. The largest absolute Gasteiger partial charge is 0.496 e. The highest BCUT2D eigenvalue weighted by molar-refractivity contribution is 9.10. The third-order valence-corrected chi connectivity index (χ3v) is 2.67. The molecule has 0 fully saturated rings. The minimum absolute atomic E-state index is 0.0878. The highest BCUT2D eigenvalue weighted by Crippen LogP contribution is 2.31. The first-order valence-electron chi connectivity index (χ1n) is 3.81. The zero-order chi connectivity index (χ0) is 9.84. The molecule has 1 aromatic rings. The number of ether oxygens (including phenoxy) is 1. The Morgan fingerprint density at radius 3 is 2.77 bits per heavy atom. The normalized spacial score (nSPS) is 10.2. The minimum Gasteiger partial charge on any atom is -0.496 e. The summed E-state index contributed by atoms with van der Waals surface area (Å²) in [6, 6.07) is 3.59. The van der Waals surface area contributed by atoms with Crippen molar-refractivity contribution >= 4 is 27.5 Å². The summed E-state index contributed by atoms with van der Waals surface area (Å²) in [7, 11) is 1.59. The molecule has 0 unspecified atom stereocenters. The van der Waals surface area contributed by atoms with Crippen LogP contribution in [-0.2, 0) is 6.42 Å². The average Bonchev–Trinajstić information content (AvgIpc) is 2.10. The Morgan fingerprint density at radius 1 is 1.54 bits per heavy atom.